The normalized spacial score (nSPS) is 20.5. The van der Waals surface area contributed by atoms with Gasteiger partial charge in [0.25, 0.3) is 5.56 Å². The molecule has 2 fully saturated rings. The van der Waals surface area contributed by atoms with Gasteiger partial charge in [-0.05, 0) is 44.7 Å². The van der Waals surface area contributed by atoms with E-state index in [2.05, 4.69) is 15.1 Å². The van der Waals surface area contributed by atoms with Gasteiger partial charge in [-0.15, -0.1) is 0 Å². The average molecular weight is 481 g/mol. The predicted molar refractivity (Wildman–Crippen MR) is 120 cm³/mol. The van der Waals surface area contributed by atoms with Crippen LogP contribution in [0.4, 0.5) is 13.2 Å². The molecule has 1 aliphatic heterocycles. The van der Waals surface area contributed by atoms with Crippen molar-refractivity contribution < 1.29 is 17.9 Å². The Morgan fingerprint density at radius 1 is 1.09 bits per heavy atom. The molecule has 4 aromatic rings. The molecule has 180 valence electrons. The lowest BCUT2D eigenvalue weighted by molar-refractivity contribution is 0.00454. The summed E-state index contributed by atoms with van der Waals surface area (Å²) >= 11 is 0. The Bertz CT molecular complexity index is 1510. The van der Waals surface area contributed by atoms with Gasteiger partial charge in [0.1, 0.15) is 17.3 Å². The van der Waals surface area contributed by atoms with Crippen LogP contribution in [0.1, 0.15) is 60.7 Å². The summed E-state index contributed by atoms with van der Waals surface area (Å²) < 4.78 is 51.9. The van der Waals surface area contributed by atoms with Crippen LogP contribution in [0.15, 0.2) is 41.6 Å². The van der Waals surface area contributed by atoms with Gasteiger partial charge in [0, 0.05) is 42.1 Å². The maximum Gasteiger partial charge on any atom is 0.294 e. The van der Waals surface area contributed by atoms with Gasteiger partial charge in [0.15, 0.2) is 5.65 Å². The van der Waals surface area contributed by atoms with Gasteiger partial charge >= 0.3 is 0 Å². The number of hydrogen-bond donors (Lipinski definition) is 0. The molecule has 0 bridgehead atoms. The van der Waals surface area contributed by atoms with Crippen molar-refractivity contribution in [2.24, 2.45) is 0 Å². The minimum atomic E-state index is -0.984. The van der Waals surface area contributed by atoms with E-state index in [4.69, 9.17) is 4.74 Å². The summed E-state index contributed by atoms with van der Waals surface area (Å²) in [5.41, 5.74) is 0.501. The number of fused-ring (bicyclic) bond motifs is 1. The van der Waals surface area contributed by atoms with E-state index in [9.17, 15) is 18.0 Å². The molecule has 3 aromatic heterocycles. The van der Waals surface area contributed by atoms with Crippen molar-refractivity contribution in [3.05, 3.63) is 81.5 Å². The Morgan fingerprint density at radius 3 is 2.69 bits per heavy atom. The van der Waals surface area contributed by atoms with E-state index in [-0.39, 0.29) is 34.6 Å². The molecule has 2 aliphatic rings. The largest absolute Gasteiger partial charge is 0.373 e. The van der Waals surface area contributed by atoms with Crippen molar-refractivity contribution in [2.45, 2.75) is 50.7 Å². The molecule has 7 nitrogen and oxygen atoms in total. The van der Waals surface area contributed by atoms with Gasteiger partial charge in [0.05, 0.1) is 29.7 Å². The van der Waals surface area contributed by atoms with E-state index >= 15 is 0 Å². The van der Waals surface area contributed by atoms with Crippen LogP contribution in [-0.2, 0) is 4.74 Å². The van der Waals surface area contributed by atoms with Crippen LogP contribution in [-0.4, -0.2) is 30.8 Å². The van der Waals surface area contributed by atoms with Crippen molar-refractivity contribution in [3.8, 4) is 11.3 Å². The SMILES string of the molecule is Cc1nc2c(-c3ccc(F)cc3F)nc(C3CCO[C@H](c4cnn(C5CC5)c4)C3)cn2c(=O)c1F. The molecule has 2 atom stereocenters. The van der Waals surface area contributed by atoms with E-state index in [1.165, 1.54) is 19.2 Å². The van der Waals surface area contributed by atoms with E-state index in [0.29, 0.717) is 31.2 Å². The van der Waals surface area contributed by atoms with Gasteiger partial charge in [-0.2, -0.15) is 9.49 Å². The smallest absolute Gasteiger partial charge is 0.294 e. The predicted octanol–water partition coefficient (Wildman–Crippen LogP) is 4.65. The van der Waals surface area contributed by atoms with Gasteiger partial charge in [0.2, 0.25) is 5.82 Å². The van der Waals surface area contributed by atoms with Crippen molar-refractivity contribution >= 4 is 5.65 Å². The lowest BCUT2D eigenvalue weighted by Gasteiger charge is -2.29. The lowest BCUT2D eigenvalue weighted by atomic mass is 9.90. The summed E-state index contributed by atoms with van der Waals surface area (Å²) in [6, 6.07) is 3.56. The monoisotopic (exact) mass is 481 g/mol. The second kappa shape index (κ2) is 8.30. The molecule has 1 saturated heterocycles. The maximum absolute atomic E-state index is 14.8. The lowest BCUT2D eigenvalue weighted by Crippen LogP contribution is -2.24. The fourth-order valence-electron chi connectivity index (χ4n) is 4.66. The highest BCUT2D eigenvalue weighted by Gasteiger charge is 2.30. The summed E-state index contributed by atoms with van der Waals surface area (Å²) in [7, 11) is 0. The Balaban J connectivity index is 1.45. The number of nitrogens with zero attached hydrogens (tertiary/aromatic N) is 5. The van der Waals surface area contributed by atoms with Crippen molar-refractivity contribution in [1.82, 2.24) is 24.1 Å². The van der Waals surface area contributed by atoms with Gasteiger partial charge in [-0.1, -0.05) is 0 Å². The minimum Gasteiger partial charge on any atom is -0.373 e. The number of aromatic nitrogens is 5. The van der Waals surface area contributed by atoms with Crippen LogP contribution < -0.4 is 5.56 Å². The van der Waals surface area contributed by atoms with Gasteiger partial charge in [-0.25, -0.2) is 18.7 Å². The molecule has 1 unspecified atom stereocenters. The Labute approximate surface area is 198 Å². The topological polar surface area (TPSA) is 74.3 Å². The number of ether oxygens (including phenoxy) is 1. The fraction of sp³-hybridized carbons (Fsp3) is 0.360. The molecule has 35 heavy (non-hydrogen) atoms. The van der Waals surface area contributed by atoms with Crippen LogP contribution in [0.25, 0.3) is 16.9 Å². The molecule has 1 aliphatic carbocycles. The Kier molecular flexibility index (Phi) is 5.21. The number of halogens is 3. The molecule has 1 aromatic carbocycles. The molecule has 1 saturated carbocycles. The van der Waals surface area contributed by atoms with Gasteiger partial charge < -0.3 is 4.74 Å². The second-order valence-corrected chi connectivity index (χ2v) is 9.21. The third-order valence-corrected chi connectivity index (χ3v) is 6.74. The molecule has 0 amide bonds. The molecule has 0 N–H and O–H groups in total. The number of aryl methyl sites for hydroxylation is 1. The third-order valence-electron chi connectivity index (χ3n) is 6.74. The molecular weight excluding hydrogens is 459 g/mol. The average Bonchev–Trinajstić information content (AvgIpc) is 3.59. The fourth-order valence-corrected chi connectivity index (χ4v) is 4.66. The molecule has 6 rings (SSSR count). The molecular formula is C25H22F3N5O2. The zero-order valence-electron chi connectivity index (χ0n) is 18.9. The standard InChI is InChI=1S/C25H22F3N5O2/c1-13-22(28)25(34)32-12-20(31-23(24(32)30-13)18-5-2-16(26)9-19(18)27)14-6-7-35-21(8-14)15-10-29-33(11-15)17-3-4-17/h2,5,9-12,14,17,21H,3-4,6-8H2,1H3/t14?,21-/m0/s1. The first-order valence-electron chi connectivity index (χ1n) is 11.6. The Hall–Kier alpha value is -3.53. The number of benzene rings is 1. The highest BCUT2D eigenvalue weighted by atomic mass is 19.1. The maximum atomic E-state index is 14.8. The summed E-state index contributed by atoms with van der Waals surface area (Å²) in [5.74, 6) is -2.70. The summed E-state index contributed by atoms with van der Waals surface area (Å²) in [6.45, 7) is 1.82. The van der Waals surface area contributed by atoms with Crippen LogP contribution in [0, 0.1) is 24.4 Å². The van der Waals surface area contributed by atoms with E-state index in [0.717, 1.165) is 34.9 Å². The summed E-state index contributed by atoms with van der Waals surface area (Å²) in [6.07, 6.45) is 8.50. The first kappa shape index (κ1) is 22.0. The highest BCUT2D eigenvalue weighted by Crippen LogP contribution is 2.40. The third kappa shape index (κ3) is 3.91. The van der Waals surface area contributed by atoms with Crippen molar-refractivity contribution in [2.75, 3.05) is 6.61 Å². The quantitative estimate of drug-likeness (QED) is 0.424. The first-order valence-corrected chi connectivity index (χ1v) is 11.6. The van der Waals surface area contributed by atoms with E-state index in [1.54, 1.807) is 0 Å². The number of rotatable bonds is 4. The van der Waals surface area contributed by atoms with E-state index in [1.807, 2.05) is 17.1 Å². The van der Waals surface area contributed by atoms with Crippen LogP contribution in [0.2, 0.25) is 0 Å². The number of hydrogen-bond acceptors (Lipinski definition) is 5. The van der Waals surface area contributed by atoms with Crippen LogP contribution >= 0.6 is 0 Å². The second-order valence-electron chi connectivity index (χ2n) is 9.21. The summed E-state index contributed by atoms with van der Waals surface area (Å²) in [5, 5.41) is 4.45. The molecule has 10 heteroatoms. The van der Waals surface area contributed by atoms with Crippen molar-refractivity contribution in [1.29, 1.82) is 0 Å². The highest BCUT2D eigenvalue weighted by molar-refractivity contribution is 5.74. The zero-order valence-corrected chi connectivity index (χ0v) is 18.9. The van der Waals surface area contributed by atoms with Crippen molar-refractivity contribution in [3.63, 3.8) is 0 Å². The van der Waals surface area contributed by atoms with Gasteiger partial charge in [-0.3, -0.25) is 13.9 Å². The molecule has 0 radical (unpaired) electrons. The summed E-state index contributed by atoms with van der Waals surface area (Å²) in [4.78, 5) is 21.7. The van der Waals surface area contributed by atoms with Crippen LogP contribution in [0.3, 0.4) is 0 Å². The minimum absolute atomic E-state index is 0.0116. The zero-order chi connectivity index (χ0) is 24.3. The first-order chi connectivity index (χ1) is 16.9. The molecule has 0 spiro atoms. The van der Waals surface area contributed by atoms with E-state index < -0.39 is 23.0 Å². The molecule has 4 heterocycles. The van der Waals surface area contributed by atoms with Crippen LogP contribution in [0.5, 0.6) is 0 Å². The Morgan fingerprint density at radius 2 is 1.91 bits per heavy atom.